The van der Waals surface area contributed by atoms with E-state index in [1.54, 1.807) is 0 Å². The summed E-state index contributed by atoms with van der Waals surface area (Å²) in [5.74, 6) is -0.934. The maximum Gasteiger partial charge on any atom is 0.303 e. The lowest BCUT2D eigenvalue weighted by atomic mass is 9.86. The molecule has 0 heterocycles. The molecule has 6 heteroatoms. The second-order valence-electron chi connectivity index (χ2n) is 8.18. The first kappa shape index (κ1) is 24.1. The average Bonchev–Trinajstić information content (AvgIpc) is 2.89. The lowest BCUT2D eigenvalue weighted by molar-refractivity contribution is -0.304. The Hall–Kier alpha value is -0.950. The second-order valence-corrected chi connectivity index (χ2v) is 8.18. The van der Waals surface area contributed by atoms with Crippen molar-refractivity contribution in [2.45, 2.75) is 102 Å². The molecule has 4 N–H and O–H groups in total. The molecule has 27 heavy (non-hydrogen) atoms. The van der Waals surface area contributed by atoms with Crippen LogP contribution >= 0.6 is 0 Å². The van der Waals surface area contributed by atoms with Gasteiger partial charge in [0.25, 0.3) is 0 Å². The minimum absolute atomic E-state index is 0.0192. The van der Waals surface area contributed by atoms with Crippen LogP contribution in [0.1, 0.15) is 84.5 Å². The predicted molar refractivity (Wildman–Crippen MR) is 104 cm³/mol. The zero-order chi connectivity index (χ0) is 20.3. The number of aliphatic hydroxyl groups excluding tert-OH is 2. The van der Waals surface area contributed by atoms with E-state index in [4.69, 9.17) is 9.99 Å². The summed E-state index contributed by atoms with van der Waals surface area (Å²) in [6.07, 6.45) is 11.2. The van der Waals surface area contributed by atoms with Crippen molar-refractivity contribution in [3.05, 3.63) is 12.2 Å². The summed E-state index contributed by atoms with van der Waals surface area (Å²) in [5, 5.41) is 38.6. The highest BCUT2D eigenvalue weighted by Crippen LogP contribution is 2.38. The van der Waals surface area contributed by atoms with Gasteiger partial charge in [0.05, 0.1) is 12.2 Å². The Morgan fingerprint density at radius 3 is 2.44 bits per heavy atom. The minimum Gasteiger partial charge on any atom is -0.481 e. The molecule has 0 aliphatic heterocycles. The van der Waals surface area contributed by atoms with Gasteiger partial charge in [0.15, 0.2) is 0 Å². The molecule has 1 unspecified atom stereocenters. The van der Waals surface area contributed by atoms with E-state index >= 15 is 0 Å². The zero-order valence-corrected chi connectivity index (χ0v) is 16.8. The summed E-state index contributed by atoms with van der Waals surface area (Å²) in [6, 6.07) is 0. The van der Waals surface area contributed by atoms with Gasteiger partial charge in [0, 0.05) is 18.8 Å². The first-order valence-corrected chi connectivity index (χ1v) is 10.4. The van der Waals surface area contributed by atoms with Gasteiger partial charge in [-0.25, -0.2) is 4.89 Å². The summed E-state index contributed by atoms with van der Waals surface area (Å²) in [5.41, 5.74) is -0.774. The number of aliphatic carboxylic acids is 1. The van der Waals surface area contributed by atoms with Crippen molar-refractivity contribution in [2.24, 2.45) is 11.8 Å². The Balaban J connectivity index is 2.55. The molecule has 1 aliphatic carbocycles. The molecule has 0 amide bonds. The molecule has 0 radical (unpaired) electrons. The quantitative estimate of drug-likeness (QED) is 0.155. The third kappa shape index (κ3) is 8.73. The Labute approximate surface area is 163 Å². The number of unbranched alkanes of at least 4 members (excludes halogenated alkanes) is 5. The molecule has 1 fully saturated rings. The number of carboxylic acid groups (broad SMARTS) is 1. The summed E-state index contributed by atoms with van der Waals surface area (Å²) >= 11 is 0. The van der Waals surface area contributed by atoms with Crippen LogP contribution in [0.15, 0.2) is 12.2 Å². The van der Waals surface area contributed by atoms with Crippen molar-refractivity contribution < 1.29 is 30.3 Å². The molecule has 1 aliphatic rings. The minimum atomic E-state index is -0.774. The van der Waals surface area contributed by atoms with E-state index in [-0.39, 0.29) is 18.3 Å². The van der Waals surface area contributed by atoms with Crippen molar-refractivity contribution in [1.29, 1.82) is 0 Å². The van der Waals surface area contributed by atoms with Crippen LogP contribution in [-0.4, -0.2) is 44.4 Å². The highest BCUT2D eigenvalue weighted by Gasteiger charge is 2.40. The number of hydrogen-bond acceptors (Lipinski definition) is 5. The average molecular weight is 387 g/mol. The van der Waals surface area contributed by atoms with E-state index in [9.17, 15) is 20.3 Å². The van der Waals surface area contributed by atoms with E-state index in [0.29, 0.717) is 19.3 Å². The number of carbonyl (C=O) groups is 1. The fourth-order valence-electron chi connectivity index (χ4n) is 3.99. The topological polar surface area (TPSA) is 107 Å². The van der Waals surface area contributed by atoms with E-state index in [1.165, 1.54) is 0 Å². The lowest BCUT2D eigenvalue weighted by Gasteiger charge is -2.25. The van der Waals surface area contributed by atoms with E-state index < -0.39 is 23.8 Å². The lowest BCUT2D eigenvalue weighted by Crippen LogP contribution is -2.26. The molecule has 6 nitrogen and oxygen atoms in total. The van der Waals surface area contributed by atoms with E-state index in [1.807, 2.05) is 19.1 Å². The van der Waals surface area contributed by atoms with Crippen molar-refractivity contribution >= 4 is 5.97 Å². The van der Waals surface area contributed by atoms with Crippen LogP contribution in [0.2, 0.25) is 0 Å². The van der Waals surface area contributed by atoms with Crippen molar-refractivity contribution in [2.75, 3.05) is 0 Å². The van der Waals surface area contributed by atoms with Gasteiger partial charge >= 0.3 is 5.97 Å². The first-order valence-electron chi connectivity index (χ1n) is 10.4. The largest absolute Gasteiger partial charge is 0.481 e. The van der Waals surface area contributed by atoms with Crippen LogP contribution in [0.4, 0.5) is 0 Å². The smallest absolute Gasteiger partial charge is 0.303 e. The molecule has 0 aromatic carbocycles. The number of carboxylic acids is 1. The highest BCUT2D eigenvalue weighted by atomic mass is 17.1. The highest BCUT2D eigenvalue weighted by molar-refractivity contribution is 5.66. The molecule has 158 valence electrons. The van der Waals surface area contributed by atoms with Gasteiger partial charge in [0.2, 0.25) is 0 Å². The number of aliphatic hydroxyl groups is 2. The van der Waals surface area contributed by atoms with Crippen LogP contribution < -0.4 is 0 Å². The molecule has 5 atom stereocenters. The Morgan fingerprint density at radius 1 is 1.11 bits per heavy atom. The monoisotopic (exact) mass is 386 g/mol. The molecule has 0 aromatic heterocycles. The Bertz CT molecular complexity index is 452. The molecular formula is C21H38O6. The van der Waals surface area contributed by atoms with Crippen molar-refractivity contribution in [3.8, 4) is 0 Å². The molecule has 1 rings (SSSR count). The normalized spacial score (nSPS) is 27.9. The maximum atomic E-state index is 10.5. The first-order chi connectivity index (χ1) is 12.8. The molecule has 1 saturated carbocycles. The SMILES string of the molecule is CCCCCC(C)(C=C[C@@H]1[C@@H](CCCCCCC(=O)O)[C@@H](O)C[C@H]1O)OO. The van der Waals surface area contributed by atoms with Crippen LogP contribution in [0, 0.1) is 11.8 Å². The predicted octanol–water partition coefficient (Wildman–Crippen LogP) is 4.15. The zero-order valence-electron chi connectivity index (χ0n) is 16.8. The fourth-order valence-corrected chi connectivity index (χ4v) is 3.99. The van der Waals surface area contributed by atoms with Crippen molar-refractivity contribution in [3.63, 3.8) is 0 Å². The van der Waals surface area contributed by atoms with Crippen LogP contribution in [-0.2, 0) is 9.68 Å². The maximum absolute atomic E-state index is 10.5. The van der Waals surface area contributed by atoms with Gasteiger partial charge in [-0.1, -0.05) is 57.6 Å². The number of hydrogen-bond donors (Lipinski definition) is 4. The molecule has 0 bridgehead atoms. The van der Waals surface area contributed by atoms with E-state index in [2.05, 4.69) is 6.92 Å². The third-order valence-corrected chi connectivity index (χ3v) is 5.75. The fraction of sp³-hybridized carbons (Fsp3) is 0.857. The Kier molecular flexibility index (Phi) is 11.1. The Morgan fingerprint density at radius 2 is 1.81 bits per heavy atom. The summed E-state index contributed by atoms with van der Waals surface area (Å²) < 4.78 is 0. The second kappa shape index (κ2) is 12.5. The van der Waals surface area contributed by atoms with Gasteiger partial charge in [-0.05, 0) is 32.1 Å². The van der Waals surface area contributed by atoms with Gasteiger partial charge < -0.3 is 15.3 Å². The summed E-state index contributed by atoms with van der Waals surface area (Å²) in [4.78, 5) is 15.2. The van der Waals surface area contributed by atoms with Crippen molar-refractivity contribution in [1.82, 2.24) is 0 Å². The molecule has 0 aromatic rings. The van der Waals surface area contributed by atoms with Gasteiger partial charge in [-0.15, -0.1) is 0 Å². The molecule has 0 spiro atoms. The summed E-state index contributed by atoms with van der Waals surface area (Å²) in [6.45, 7) is 3.95. The molecule has 0 saturated heterocycles. The van der Waals surface area contributed by atoms with Crippen LogP contribution in [0.25, 0.3) is 0 Å². The third-order valence-electron chi connectivity index (χ3n) is 5.75. The molecular weight excluding hydrogens is 348 g/mol. The van der Waals surface area contributed by atoms with Crippen LogP contribution in [0.5, 0.6) is 0 Å². The van der Waals surface area contributed by atoms with E-state index in [0.717, 1.165) is 44.9 Å². The number of rotatable bonds is 14. The summed E-state index contributed by atoms with van der Waals surface area (Å²) in [7, 11) is 0. The van der Waals surface area contributed by atoms with Crippen LogP contribution in [0.3, 0.4) is 0 Å². The van der Waals surface area contributed by atoms with Gasteiger partial charge in [0.1, 0.15) is 5.60 Å². The van der Waals surface area contributed by atoms with Gasteiger partial charge in [-0.2, -0.15) is 0 Å². The van der Waals surface area contributed by atoms with Gasteiger partial charge in [-0.3, -0.25) is 10.1 Å². The standard InChI is InChI=1S/C21H38O6/c1-3-4-9-13-21(2,27-26)14-12-17-16(18(22)15-19(17)23)10-7-5-6-8-11-20(24)25/h12,14,16-19,22-23,26H,3-11,13,15H2,1-2H3,(H,24,25)/t16-,17-,18+,19-,21?/m1/s1.